The standard InChI is InChI=1S/C8H7BrN2O3/c9-5-2-1-3-10-7(5)8(14)11-4-6(12)13/h1-3H,4H2,(H,11,14)(H,12,13). The first-order valence-corrected chi connectivity index (χ1v) is 4.51. The zero-order valence-electron chi connectivity index (χ0n) is 7.03. The number of hydrogen-bond acceptors (Lipinski definition) is 3. The highest BCUT2D eigenvalue weighted by Crippen LogP contribution is 2.12. The van der Waals surface area contributed by atoms with Crippen molar-refractivity contribution in [2.75, 3.05) is 6.54 Å². The minimum atomic E-state index is -1.09. The van der Waals surface area contributed by atoms with Gasteiger partial charge in [-0.1, -0.05) is 0 Å². The molecule has 1 heterocycles. The highest BCUT2D eigenvalue weighted by Gasteiger charge is 2.11. The first kappa shape index (κ1) is 10.6. The number of carboxylic acids is 1. The third-order valence-electron chi connectivity index (χ3n) is 1.37. The second-order valence-corrected chi connectivity index (χ2v) is 3.26. The Kier molecular flexibility index (Phi) is 3.58. The van der Waals surface area contributed by atoms with E-state index in [0.717, 1.165) is 0 Å². The van der Waals surface area contributed by atoms with Gasteiger partial charge in [-0.3, -0.25) is 9.59 Å². The Morgan fingerprint density at radius 3 is 2.86 bits per heavy atom. The lowest BCUT2D eigenvalue weighted by atomic mass is 10.3. The molecule has 2 N–H and O–H groups in total. The van der Waals surface area contributed by atoms with Crippen molar-refractivity contribution in [1.29, 1.82) is 0 Å². The molecule has 14 heavy (non-hydrogen) atoms. The SMILES string of the molecule is O=C(O)CNC(=O)c1ncccc1Br. The third-order valence-corrected chi connectivity index (χ3v) is 2.01. The molecule has 0 aliphatic heterocycles. The number of aromatic nitrogens is 1. The van der Waals surface area contributed by atoms with Crippen molar-refractivity contribution >= 4 is 27.8 Å². The van der Waals surface area contributed by atoms with Gasteiger partial charge in [-0.25, -0.2) is 4.98 Å². The summed E-state index contributed by atoms with van der Waals surface area (Å²) in [5.74, 6) is -1.61. The van der Waals surface area contributed by atoms with Gasteiger partial charge in [0.25, 0.3) is 5.91 Å². The smallest absolute Gasteiger partial charge is 0.322 e. The number of nitrogens with zero attached hydrogens (tertiary/aromatic N) is 1. The van der Waals surface area contributed by atoms with Gasteiger partial charge in [0.05, 0.1) is 0 Å². The number of hydrogen-bond donors (Lipinski definition) is 2. The number of halogens is 1. The monoisotopic (exact) mass is 258 g/mol. The van der Waals surface area contributed by atoms with Crippen LogP contribution in [0.15, 0.2) is 22.8 Å². The van der Waals surface area contributed by atoms with Gasteiger partial charge >= 0.3 is 5.97 Å². The molecule has 0 aliphatic carbocycles. The Bertz CT molecular complexity index is 367. The summed E-state index contributed by atoms with van der Waals surface area (Å²) in [5.41, 5.74) is 0.175. The first-order chi connectivity index (χ1) is 6.61. The first-order valence-electron chi connectivity index (χ1n) is 3.72. The molecule has 74 valence electrons. The maximum Gasteiger partial charge on any atom is 0.322 e. The van der Waals surface area contributed by atoms with Crippen molar-refractivity contribution in [3.8, 4) is 0 Å². The largest absolute Gasteiger partial charge is 0.480 e. The van der Waals surface area contributed by atoms with Crippen molar-refractivity contribution in [3.05, 3.63) is 28.5 Å². The molecule has 1 aromatic heterocycles. The number of pyridine rings is 1. The van der Waals surface area contributed by atoms with E-state index in [1.165, 1.54) is 6.20 Å². The van der Waals surface area contributed by atoms with E-state index in [1.54, 1.807) is 12.1 Å². The summed E-state index contributed by atoms with van der Waals surface area (Å²) < 4.78 is 0.530. The summed E-state index contributed by atoms with van der Waals surface area (Å²) in [6, 6.07) is 3.32. The molecule has 0 spiro atoms. The van der Waals surface area contributed by atoms with E-state index in [9.17, 15) is 9.59 Å². The van der Waals surface area contributed by atoms with E-state index in [2.05, 4.69) is 26.2 Å². The van der Waals surface area contributed by atoms with Crippen LogP contribution in [0, 0.1) is 0 Å². The lowest BCUT2D eigenvalue weighted by Gasteiger charge is -2.02. The summed E-state index contributed by atoms with van der Waals surface area (Å²) >= 11 is 3.13. The molecule has 0 atom stereocenters. The molecule has 0 saturated carbocycles. The maximum atomic E-state index is 11.3. The normalized spacial score (nSPS) is 9.50. The minimum absolute atomic E-state index is 0.175. The second-order valence-electron chi connectivity index (χ2n) is 2.41. The fraction of sp³-hybridized carbons (Fsp3) is 0.125. The van der Waals surface area contributed by atoms with Crippen LogP contribution in [0.3, 0.4) is 0 Å². The Balaban J connectivity index is 2.70. The van der Waals surface area contributed by atoms with Crippen molar-refractivity contribution in [1.82, 2.24) is 10.3 Å². The van der Waals surface area contributed by atoms with Crippen LogP contribution in [0.5, 0.6) is 0 Å². The number of carbonyl (C=O) groups is 2. The van der Waals surface area contributed by atoms with E-state index in [-0.39, 0.29) is 5.69 Å². The highest BCUT2D eigenvalue weighted by atomic mass is 79.9. The number of nitrogens with one attached hydrogen (secondary N) is 1. The summed E-state index contributed by atoms with van der Waals surface area (Å²) in [6.45, 7) is -0.415. The Labute approximate surface area is 88.3 Å². The summed E-state index contributed by atoms with van der Waals surface area (Å²) in [6.07, 6.45) is 1.46. The van der Waals surface area contributed by atoms with Crippen LogP contribution in [-0.4, -0.2) is 28.5 Å². The number of carboxylic acid groups (broad SMARTS) is 1. The molecule has 0 unspecified atom stereocenters. The average Bonchev–Trinajstić information content (AvgIpc) is 2.15. The third kappa shape index (κ3) is 2.81. The van der Waals surface area contributed by atoms with Crippen LogP contribution in [0.1, 0.15) is 10.5 Å². The van der Waals surface area contributed by atoms with Gasteiger partial charge in [-0.15, -0.1) is 0 Å². The molecular formula is C8H7BrN2O3. The number of carbonyl (C=O) groups excluding carboxylic acids is 1. The highest BCUT2D eigenvalue weighted by molar-refractivity contribution is 9.10. The zero-order valence-corrected chi connectivity index (χ0v) is 8.61. The van der Waals surface area contributed by atoms with Gasteiger partial charge < -0.3 is 10.4 Å². The quantitative estimate of drug-likeness (QED) is 0.835. The predicted molar refractivity (Wildman–Crippen MR) is 51.9 cm³/mol. The fourth-order valence-electron chi connectivity index (χ4n) is 0.792. The molecule has 0 aliphatic rings. The molecule has 1 rings (SSSR count). The molecule has 0 saturated heterocycles. The van der Waals surface area contributed by atoms with E-state index in [0.29, 0.717) is 4.47 Å². The van der Waals surface area contributed by atoms with E-state index >= 15 is 0 Å². The molecule has 1 amide bonds. The zero-order chi connectivity index (χ0) is 10.6. The number of aliphatic carboxylic acids is 1. The fourth-order valence-corrected chi connectivity index (χ4v) is 1.23. The molecule has 6 heteroatoms. The Morgan fingerprint density at radius 1 is 1.57 bits per heavy atom. The van der Waals surface area contributed by atoms with Gasteiger partial charge in [-0.2, -0.15) is 0 Å². The molecule has 0 radical (unpaired) electrons. The molecule has 1 aromatic rings. The molecule has 0 bridgehead atoms. The minimum Gasteiger partial charge on any atom is -0.480 e. The van der Waals surface area contributed by atoms with Crippen molar-refractivity contribution in [2.24, 2.45) is 0 Å². The molecule has 5 nitrogen and oxygen atoms in total. The number of rotatable bonds is 3. The van der Waals surface area contributed by atoms with E-state index in [4.69, 9.17) is 5.11 Å². The van der Waals surface area contributed by atoms with Crippen LogP contribution in [0.25, 0.3) is 0 Å². The average molecular weight is 259 g/mol. The van der Waals surface area contributed by atoms with Gasteiger partial charge in [-0.05, 0) is 28.1 Å². The van der Waals surface area contributed by atoms with Crippen molar-refractivity contribution in [3.63, 3.8) is 0 Å². The number of amides is 1. The molecule has 0 aromatic carbocycles. The summed E-state index contributed by atoms with van der Waals surface area (Å²) in [4.78, 5) is 25.3. The lowest BCUT2D eigenvalue weighted by molar-refractivity contribution is -0.135. The molecular weight excluding hydrogens is 252 g/mol. The van der Waals surface area contributed by atoms with Crippen LogP contribution in [-0.2, 0) is 4.79 Å². The van der Waals surface area contributed by atoms with E-state index in [1.807, 2.05) is 0 Å². The lowest BCUT2D eigenvalue weighted by Crippen LogP contribution is -2.30. The van der Waals surface area contributed by atoms with Gasteiger partial charge in [0, 0.05) is 10.7 Å². The second kappa shape index (κ2) is 4.71. The topological polar surface area (TPSA) is 79.3 Å². The summed E-state index contributed by atoms with van der Waals surface area (Å²) in [5, 5.41) is 10.5. The van der Waals surface area contributed by atoms with Crippen molar-refractivity contribution < 1.29 is 14.7 Å². The Morgan fingerprint density at radius 2 is 2.29 bits per heavy atom. The maximum absolute atomic E-state index is 11.3. The predicted octanol–water partition coefficient (Wildman–Crippen LogP) is 0.658. The van der Waals surface area contributed by atoms with Gasteiger partial charge in [0.15, 0.2) is 0 Å². The molecule has 0 fully saturated rings. The Hall–Kier alpha value is -1.43. The van der Waals surface area contributed by atoms with E-state index < -0.39 is 18.4 Å². The van der Waals surface area contributed by atoms with Crippen LogP contribution in [0.2, 0.25) is 0 Å². The van der Waals surface area contributed by atoms with Gasteiger partial charge in [0.1, 0.15) is 12.2 Å². The summed E-state index contributed by atoms with van der Waals surface area (Å²) in [7, 11) is 0. The van der Waals surface area contributed by atoms with Crippen LogP contribution >= 0.6 is 15.9 Å². The van der Waals surface area contributed by atoms with Crippen LogP contribution in [0.4, 0.5) is 0 Å². The van der Waals surface area contributed by atoms with Gasteiger partial charge in [0.2, 0.25) is 0 Å². The van der Waals surface area contributed by atoms with Crippen LogP contribution < -0.4 is 5.32 Å². The van der Waals surface area contributed by atoms with Crippen molar-refractivity contribution in [2.45, 2.75) is 0 Å².